The number of hydrogen-bond acceptors (Lipinski definition) is 7. The minimum Gasteiger partial charge on any atom is -0.311 e. The van der Waals surface area contributed by atoms with Crippen molar-refractivity contribution < 1.29 is 0 Å². The van der Waals surface area contributed by atoms with Gasteiger partial charge in [-0.25, -0.2) is 14.8 Å². The van der Waals surface area contributed by atoms with E-state index in [0.29, 0.717) is 28.2 Å². The number of nitrogens with zero attached hydrogens (tertiary/aromatic N) is 9. The summed E-state index contributed by atoms with van der Waals surface area (Å²) in [5.41, 5.74) is 17.2. The average Bonchev–Trinajstić information content (AvgIpc) is 3.88. The van der Waals surface area contributed by atoms with Crippen LogP contribution in [0.15, 0.2) is 249 Å². The monoisotopic (exact) mass is 983 g/mol. The van der Waals surface area contributed by atoms with E-state index in [-0.39, 0.29) is 0 Å². The van der Waals surface area contributed by atoms with E-state index in [2.05, 4.69) is 147 Å². The Hall–Kier alpha value is -11.4. The summed E-state index contributed by atoms with van der Waals surface area (Å²) in [7, 11) is 0. The molecule has 77 heavy (non-hydrogen) atoms. The Bertz CT molecular complexity index is 4080. The van der Waals surface area contributed by atoms with E-state index in [0.717, 1.165) is 101 Å². The fourth-order valence-corrected chi connectivity index (χ4v) is 9.88. The first-order valence-corrected chi connectivity index (χ1v) is 24.8. The molecule has 0 unspecified atom stereocenters. The first-order chi connectivity index (χ1) is 37.9. The molecule has 9 heteroatoms. The van der Waals surface area contributed by atoms with Gasteiger partial charge in [0, 0.05) is 67.3 Å². The fourth-order valence-electron chi connectivity index (χ4n) is 9.88. The van der Waals surface area contributed by atoms with Crippen LogP contribution in [0, 0.1) is 40.6 Å². The van der Waals surface area contributed by atoms with Gasteiger partial charge in [-0.15, -0.1) is 0 Å². The lowest BCUT2D eigenvalue weighted by molar-refractivity contribution is 1.18. The van der Waals surface area contributed by atoms with E-state index < -0.39 is 0 Å². The molecule has 10 aromatic carbocycles. The lowest BCUT2D eigenvalue weighted by atomic mass is 10.0. The summed E-state index contributed by atoms with van der Waals surface area (Å²) in [5, 5.41) is 30.7. The summed E-state index contributed by atoms with van der Waals surface area (Å²) in [6.07, 6.45) is 0. The van der Waals surface area contributed by atoms with Crippen molar-refractivity contribution in [1.82, 2.24) is 14.5 Å². The third kappa shape index (κ3) is 9.13. The summed E-state index contributed by atoms with van der Waals surface area (Å²) >= 11 is 0. The number of para-hydroxylation sites is 2. The number of benzene rings is 10. The smallest absolute Gasteiger partial charge is 0.187 e. The van der Waals surface area contributed by atoms with Gasteiger partial charge in [0.15, 0.2) is 11.5 Å². The van der Waals surface area contributed by atoms with Gasteiger partial charge in [-0.05, 0) is 163 Å². The van der Waals surface area contributed by atoms with Crippen molar-refractivity contribution in [3.63, 3.8) is 0 Å². The highest BCUT2D eigenvalue weighted by molar-refractivity contribution is 6.12. The van der Waals surface area contributed by atoms with Gasteiger partial charge in [0.1, 0.15) is 0 Å². The molecule has 0 bridgehead atoms. The van der Waals surface area contributed by atoms with Gasteiger partial charge in [-0.3, -0.25) is 0 Å². The maximum absolute atomic E-state index is 9.67. The number of aromatic nitrogens is 3. The Balaban J connectivity index is 0.952. The highest BCUT2D eigenvalue weighted by atomic mass is 15.2. The van der Waals surface area contributed by atoms with Crippen molar-refractivity contribution in [2.45, 2.75) is 0 Å². The number of anilines is 6. The number of fused-ring (bicyclic) bond motifs is 3. The maximum atomic E-state index is 9.67. The molecule has 0 saturated carbocycles. The Kier molecular flexibility index (Phi) is 12.3. The quantitative estimate of drug-likeness (QED) is 0.119. The number of nitriles is 3. The molecule has 0 spiro atoms. The molecule has 0 saturated heterocycles. The molecule has 0 aliphatic carbocycles. The maximum Gasteiger partial charge on any atom is 0.187 e. The normalized spacial score (nSPS) is 10.8. The molecule has 0 aliphatic heterocycles. The van der Waals surface area contributed by atoms with E-state index in [1.807, 2.05) is 115 Å². The van der Waals surface area contributed by atoms with Crippen LogP contribution in [0.1, 0.15) is 16.7 Å². The zero-order valence-corrected chi connectivity index (χ0v) is 41.2. The van der Waals surface area contributed by atoms with Crippen molar-refractivity contribution in [2.24, 2.45) is 0 Å². The lowest BCUT2D eigenvalue weighted by Gasteiger charge is -2.26. The van der Waals surface area contributed by atoms with Crippen LogP contribution in [0.2, 0.25) is 0 Å². The Morgan fingerprint density at radius 1 is 0.364 bits per heavy atom. The Morgan fingerprint density at radius 2 is 0.727 bits per heavy atom. The van der Waals surface area contributed by atoms with Crippen LogP contribution in [-0.2, 0) is 0 Å². The highest BCUT2D eigenvalue weighted by Crippen LogP contribution is 2.43. The molecular weight excluding hydrogens is 943 g/mol. The molecule has 9 nitrogen and oxygen atoms in total. The fraction of sp³-hybridized carbons (Fsp3) is 0. The van der Waals surface area contributed by atoms with Gasteiger partial charge in [0.05, 0.1) is 63.9 Å². The van der Waals surface area contributed by atoms with Crippen LogP contribution >= 0.6 is 0 Å². The lowest BCUT2D eigenvalue weighted by Crippen LogP contribution is -2.09. The van der Waals surface area contributed by atoms with Crippen molar-refractivity contribution in [3.8, 4) is 68.9 Å². The van der Waals surface area contributed by atoms with Crippen LogP contribution in [0.4, 0.5) is 39.8 Å². The number of rotatable bonds is 11. The molecule has 0 aliphatic rings. The van der Waals surface area contributed by atoms with E-state index in [4.69, 9.17) is 16.5 Å². The topological polar surface area (TPSA) is 113 Å². The van der Waals surface area contributed by atoms with E-state index in [9.17, 15) is 15.8 Å². The predicted molar refractivity (Wildman–Crippen MR) is 308 cm³/mol. The summed E-state index contributed by atoms with van der Waals surface area (Å²) < 4.78 is 2.32. The predicted octanol–water partition coefficient (Wildman–Crippen LogP) is 17.3. The zero-order chi connectivity index (χ0) is 52.2. The first-order valence-electron chi connectivity index (χ1n) is 24.8. The van der Waals surface area contributed by atoms with E-state index >= 15 is 0 Å². The van der Waals surface area contributed by atoms with Gasteiger partial charge in [0.25, 0.3) is 0 Å². The Labute approximate surface area is 445 Å². The van der Waals surface area contributed by atoms with Crippen molar-refractivity contribution in [2.75, 3.05) is 9.80 Å². The third-order valence-corrected chi connectivity index (χ3v) is 13.7. The summed E-state index contributed by atoms with van der Waals surface area (Å²) in [4.78, 5) is 18.0. The molecule has 0 radical (unpaired) electrons. The molecule has 0 N–H and O–H groups in total. The van der Waals surface area contributed by atoms with Gasteiger partial charge < -0.3 is 14.4 Å². The van der Waals surface area contributed by atoms with E-state index in [1.165, 1.54) is 0 Å². The van der Waals surface area contributed by atoms with Gasteiger partial charge in [0.2, 0.25) is 0 Å². The SMILES string of the molecule is [C-]#[N+]c1ccc(N(c2ccccc2)c2ccc3c(c2)c2cc(N(c4ccccc4)c4ccc(C#N)cc4)ccc2n3-c2ccc(-c3ccc(-c4cc(-c5ccc(C#N)cc5)nc(-c5ccc(C#N)cc5)n4)cc3)cc2)cc1. The molecular formula is C68H41N9. The van der Waals surface area contributed by atoms with Crippen LogP contribution in [0.5, 0.6) is 0 Å². The van der Waals surface area contributed by atoms with Crippen molar-refractivity contribution in [1.29, 1.82) is 15.8 Å². The van der Waals surface area contributed by atoms with Crippen molar-refractivity contribution >= 4 is 61.6 Å². The Morgan fingerprint density at radius 3 is 1.17 bits per heavy atom. The van der Waals surface area contributed by atoms with Crippen LogP contribution in [0.25, 0.3) is 77.4 Å². The third-order valence-electron chi connectivity index (χ3n) is 13.7. The number of hydrogen-bond donors (Lipinski definition) is 0. The van der Waals surface area contributed by atoms with Crippen LogP contribution < -0.4 is 9.80 Å². The average molecular weight is 984 g/mol. The van der Waals surface area contributed by atoms with Gasteiger partial charge >= 0.3 is 0 Å². The molecule has 12 aromatic rings. The summed E-state index contributed by atoms with van der Waals surface area (Å²) in [6, 6.07) is 89.4. The van der Waals surface area contributed by atoms with Gasteiger partial charge in [-0.1, -0.05) is 97.1 Å². The van der Waals surface area contributed by atoms with Crippen LogP contribution in [0.3, 0.4) is 0 Å². The van der Waals surface area contributed by atoms with Crippen LogP contribution in [-0.4, -0.2) is 14.5 Å². The van der Waals surface area contributed by atoms with E-state index in [1.54, 1.807) is 24.3 Å². The standard InChI is InChI=1S/C68H41N9/c1-72-54-28-34-58(35-29-54)76(56-10-6-3-7-11-56)61-37-39-67-63(41-61)62-40-60(75(55-8-4-2-5-9-55)57-30-16-48(45-71)17-31-57)36-38-66(62)77(67)59-32-26-50(27-33-59)49-22-24-52(25-23-49)65-42-64(51-18-12-46(43-69)13-19-51)73-68(74-65)53-20-14-47(44-70)15-21-53/h2-42H. The molecule has 12 rings (SSSR count). The first kappa shape index (κ1) is 46.7. The molecule has 2 heterocycles. The summed E-state index contributed by atoms with van der Waals surface area (Å²) in [6.45, 7) is 7.61. The largest absolute Gasteiger partial charge is 0.311 e. The molecule has 0 atom stereocenters. The zero-order valence-electron chi connectivity index (χ0n) is 41.2. The minimum absolute atomic E-state index is 0.532. The molecule has 0 amide bonds. The summed E-state index contributed by atoms with van der Waals surface area (Å²) in [5.74, 6) is 0.532. The molecule has 0 fully saturated rings. The second-order valence-electron chi connectivity index (χ2n) is 18.3. The molecule has 358 valence electrons. The molecule has 2 aromatic heterocycles. The minimum atomic E-state index is 0.532. The second kappa shape index (κ2) is 20.3. The second-order valence-corrected chi connectivity index (χ2v) is 18.3. The van der Waals surface area contributed by atoms with Crippen molar-refractivity contribution in [3.05, 3.63) is 277 Å². The highest BCUT2D eigenvalue weighted by Gasteiger charge is 2.21. The van der Waals surface area contributed by atoms with Gasteiger partial charge in [-0.2, -0.15) is 15.8 Å².